The molecule has 0 N–H and O–H groups in total. The van der Waals surface area contributed by atoms with Gasteiger partial charge >= 0.3 is 0 Å². The topological polar surface area (TPSA) is 0 Å². The minimum atomic E-state index is 0.542. The maximum Gasteiger partial charge on any atom is -0.0127 e. The normalized spacial score (nSPS) is 17.9. The highest BCUT2D eigenvalue weighted by Crippen LogP contribution is 2.40. The van der Waals surface area contributed by atoms with Gasteiger partial charge in [0.05, 0.1) is 0 Å². The first-order valence-electron chi connectivity index (χ1n) is 12.1. The molecule has 0 amide bonds. The van der Waals surface area contributed by atoms with Crippen LogP contribution in [0.5, 0.6) is 0 Å². The smallest absolute Gasteiger partial charge is 0.0127 e. The molecule has 1 fully saturated rings. The van der Waals surface area contributed by atoms with Crippen molar-refractivity contribution in [2.24, 2.45) is 17.3 Å². The summed E-state index contributed by atoms with van der Waals surface area (Å²) in [4.78, 5) is 0. The summed E-state index contributed by atoms with van der Waals surface area (Å²) in [7, 11) is 0. The summed E-state index contributed by atoms with van der Waals surface area (Å²) >= 11 is 0. The van der Waals surface area contributed by atoms with E-state index in [9.17, 15) is 0 Å². The van der Waals surface area contributed by atoms with Gasteiger partial charge in [-0.25, -0.2) is 0 Å². The first kappa shape index (κ1) is 26.5. The molecule has 0 radical (unpaired) electrons. The van der Waals surface area contributed by atoms with E-state index in [4.69, 9.17) is 0 Å². The van der Waals surface area contributed by atoms with Gasteiger partial charge in [0.1, 0.15) is 0 Å². The van der Waals surface area contributed by atoms with Crippen LogP contribution in [-0.2, 0) is 12.8 Å². The lowest BCUT2D eigenvalue weighted by Crippen LogP contribution is -2.00. The highest BCUT2D eigenvalue weighted by molar-refractivity contribution is 5.71. The van der Waals surface area contributed by atoms with Crippen molar-refractivity contribution in [3.05, 3.63) is 58.2 Å². The standard InChI is InChI=1S/C21H26.C6H14.C3H8/c1-6-16-10-19-11-18(13(2)3)12-21(19)15(5)20(16)9-14(4)17-7-8-17;1-5-6(2,3)4;1-3-2/h6,9-10,17-18H,1-2,7-8,11-12H2,3-5H3;5H2,1-4H3;3H2,1-2H3/b14-9+;;. The average molecular weight is 409 g/mol. The van der Waals surface area contributed by atoms with Crippen molar-refractivity contribution < 1.29 is 0 Å². The molecule has 30 heavy (non-hydrogen) atoms. The van der Waals surface area contributed by atoms with Crippen LogP contribution < -0.4 is 0 Å². The van der Waals surface area contributed by atoms with E-state index in [1.807, 2.05) is 6.08 Å². The van der Waals surface area contributed by atoms with Crippen LogP contribution in [0.25, 0.3) is 12.2 Å². The van der Waals surface area contributed by atoms with Crippen LogP contribution >= 0.6 is 0 Å². The van der Waals surface area contributed by atoms with Gasteiger partial charge in [0, 0.05) is 0 Å². The third kappa shape index (κ3) is 7.93. The second kappa shape index (κ2) is 11.7. The Balaban J connectivity index is 0.000000426. The Kier molecular flexibility index (Phi) is 10.4. The molecule has 168 valence electrons. The van der Waals surface area contributed by atoms with Crippen molar-refractivity contribution in [2.45, 2.75) is 101 Å². The number of hydrogen-bond donors (Lipinski definition) is 0. The van der Waals surface area contributed by atoms with Crippen molar-refractivity contribution in [2.75, 3.05) is 0 Å². The van der Waals surface area contributed by atoms with E-state index in [1.165, 1.54) is 59.1 Å². The van der Waals surface area contributed by atoms with Crippen molar-refractivity contribution >= 4 is 12.2 Å². The molecule has 0 bridgehead atoms. The van der Waals surface area contributed by atoms with E-state index in [0.717, 1.165) is 18.8 Å². The first-order chi connectivity index (χ1) is 14.0. The van der Waals surface area contributed by atoms with Crippen LogP contribution in [0.4, 0.5) is 0 Å². The van der Waals surface area contributed by atoms with Crippen molar-refractivity contribution in [1.29, 1.82) is 0 Å². The third-order valence-corrected chi connectivity index (χ3v) is 6.37. The number of rotatable bonds is 4. The SMILES string of the molecule is C=Cc1cc2c(c(C)c1/C=C(\C)C1CC1)CC(C(=C)C)C2.CCC.CCC(C)(C)C. The Bertz CT molecular complexity index is 747. The zero-order valence-corrected chi connectivity index (χ0v) is 21.5. The molecule has 1 aromatic rings. The molecule has 0 heterocycles. The molecule has 0 aromatic heterocycles. The molecule has 1 atom stereocenters. The monoisotopic (exact) mass is 408 g/mol. The summed E-state index contributed by atoms with van der Waals surface area (Å²) in [5.41, 5.74) is 10.6. The number of hydrogen-bond acceptors (Lipinski definition) is 0. The second-order valence-corrected chi connectivity index (χ2v) is 10.6. The molecule has 1 unspecified atom stereocenters. The summed E-state index contributed by atoms with van der Waals surface area (Å²) in [6.07, 6.45) is 12.0. The Labute approximate surface area is 188 Å². The van der Waals surface area contributed by atoms with Gasteiger partial charge in [-0.15, -0.1) is 0 Å². The van der Waals surface area contributed by atoms with E-state index in [0.29, 0.717) is 11.3 Å². The molecular formula is C30H48. The van der Waals surface area contributed by atoms with Crippen LogP contribution in [0.3, 0.4) is 0 Å². The lowest BCUT2D eigenvalue weighted by atomic mass is 9.92. The highest BCUT2D eigenvalue weighted by Gasteiger charge is 2.27. The van der Waals surface area contributed by atoms with Gasteiger partial charge in [0.15, 0.2) is 0 Å². The Morgan fingerprint density at radius 3 is 2.00 bits per heavy atom. The maximum absolute atomic E-state index is 4.16. The van der Waals surface area contributed by atoms with Crippen molar-refractivity contribution in [3.8, 4) is 0 Å². The quantitative estimate of drug-likeness (QED) is 0.435. The molecule has 0 spiro atoms. The summed E-state index contributed by atoms with van der Waals surface area (Å²) in [6, 6.07) is 2.37. The minimum absolute atomic E-state index is 0.542. The fourth-order valence-corrected chi connectivity index (χ4v) is 3.62. The lowest BCUT2D eigenvalue weighted by Gasteiger charge is -2.13. The Hall–Kier alpha value is -1.56. The van der Waals surface area contributed by atoms with Gasteiger partial charge in [-0.1, -0.05) is 96.9 Å². The maximum atomic E-state index is 4.16. The van der Waals surface area contributed by atoms with Crippen molar-refractivity contribution in [1.82, 2.24) is 0 Å². The minimum Gasteiger partial charge on any atom is -0.0998 e. The van der Waals surface area contributed by atoms with E-state index < -0.39 is 0 Å². The molecule has 0 nitrogen and oxygen atoms in total. The molecule has 3 rings (SSSR count). The van der Waals surface area contributed by atoms with Gasteiger partial charge in [-0.05, 0) is 91.5 Å². The Morgan fingerprint density at radius 2 is 1.60 bits per heavy atom. The van der Waals surface area contributed by atoms with Gasteiger partial charge in [0.2, 0.25) is 0 Å². The van der Waals surface area contributed by atoms with E-state index in [1.54, 1.807) is 5.56 Å². The molecule has 1 saturated carbocycles. The third-order valence-electron chi connectivity index (χ3n) is 6.37. The fraction of sp³-hybridized carbons (Fsp3) is 0.600. The number of fused-ring (bicyclic) bond motifs is 1. The zero-order valence-electron chi connectivity index (χ0n) is 21.5. The Morgan fingerprint density at radius 1 is 1.07 bits per heavy atom. The predicted octanol–water partition coefficient (Wildman–Crippen LogP) is 9.60. The van der Waals surface area contributed by atoms with Crippen LogP contribution in [0.15, 0.2) is 30.4 Å². The molecule has 0 heteroatoms. The van der Waals surface area contributed by atoms with E-state index in [2.05, 4.69) is 87.6 Å². The predicted molar refractivity (Wildman–Crippen MR) is 139 cm³/mol. The average Bonchev–Trinajstić information content (AvgIpc) is 3.43. The number of allylic oxidation sites excluding steroid dienone is 2. The van der Waals surface area contributed by atoms with Crippen LogP contribution in [-0.4, -0.2) is 0 Å². The fourth-order valence-electron chi connectivity index (χ4n) is 3.62. The summed E-state index contributed by atoms with van der Waals surface area (Å²) < 4.78 is 0. The number of benzene rings is 1. The van der Waals surface area contributed by atoms with E-state index in [-0.39, 0.29) is 0 Å². The van der Waals surface area contributed by atoms with E-state index >= 15 is 0 Å². The summed E-state index contributed by atoms with van der Waals surface area (Å²) in [5, 5.41) is 0. The van der Waals surface area contributed by atoms with Crippen LogP contribution in [0.1, 0.15) is 109 Å². The largest absolute Gasteiger partial charge is 0.0998 e. The molecule has 1 aromatic carbocycles. The van der Waals surface area contributed by atoms with Gasteiger partial charge in [0.25, 0.3) is 0 Å². The summed E-state index contributed by atoms with van der Waals surface area (Å²) in [6.45, 7) is 28.1. The molecule has 0 aliphatic heterocycles. The van der Waals surface area contributed by atoms with Gasteiger partial charge < -0.3 is 0 Å². The highest BCUT2D eigenvalue weighted by atomic mass is 14.3. The second-order valence-electron chi connectivity index (χ2n) is 10.6. The molecule has 2 aliphatic rings. The van der Waals surface area contributed by atoms with Crippen LogP contribution in [0, 0.1) is 24.2 Å². The van der Waals surface area contributed by atoms with Gasteiger partial charge in [-0.3, -0.25) is 0 Å². The molecule has 2 aliphatic carbocycles. The van der Waals surface area contributed by atoms with Gasteiger partial charge in [-0.2, -0.15) is 0 Å². The van der Waals surface area contributed by atoms with Crippen molar-refractivity contribution in [3.63, 3.8) is 0 Å². The zero-order chi connectivity index (χ0) is 23.1. The first-order valence-corrected chi connectivity index (χ1v) is 12.1. The van der Waals surface area contributed by atoms with Crippen LogP contribution in [0.2, 0.25) is 0 Å². The molecular weight excluding hydrogens is 360 g/mol. The lowest BCUT2D eigenvalue weighted by molar-refractivity contribution is 0.398. The molecule has 0 saturated heterocycles. The summed E-state index contributed by atoms with van der Waals surface area (Å²) in [5.74, 6) is 1.46.